The number of amides is 1. The standard InChI is InChI=1S/C26H24N2O4/c1-32-23-14-8-5-11-18(23)15-20(21-16-27-22-13-7-6-12-19(21)22)24(26(30)31)28-25(29)17-9-3-2-4-10-17/h2-14,16,20,24,27H,15H2,1H3,(H,28,29)(H,30,31). The van der Waals surface area contributed by atoms with Crippen molar-refractivity contribution in [1.29, 1.82) is 0 Å². The first-order chi connectivity index (χ1) is 15.6. The van der Waals surface area contributed by atoms with E-state index in [1.807, 2.05) is 60.8 Å². The van der Waals surface area contributed by atoms with Gasteiger partial charge in [0.1, 0.15) is 11.8 Å². The van der Waals surface area contributed by atoms with Crippen LogP contribution < -0.4 is 10.1 Å². The number of fused-ring (bicyclic) bond motifs is 1. The maximum atomic E-state index is 12.9. The van der Waals surface area contributed by atoms with Crippen LogP contribution in [0.25, 0.3) is 10.9 Å². The molecule has 4 aromatic rings. The van der Waals surface area contributed by atoms with Crippen LogP contribution in [0, 0.1) is 0 Å². The van der Waals surface area contributed by atoms with Gasteiger partial charge in [-0.2, -0.15) is 0 Å². The molecule has 0 saturated carbocycles. The minimum absolute atomic E-state index is 0.373. The zero-order chi connectivity index (χ0) is 22.5. The smallest absolute Gasteiger partial charge is 0.326 e. The summed E-state index contributed by atoms with van der Waals surface area (Å²) in [4.78, 5) is 28.5. The Morgan fingerprint density at radius 3 is 2.41 bits per heavy atom. The van der Waals surface area contributed by atoms with Crippen LogP contribution in [0.15, 0.2) is 85.1 Å². The van der Waals surface area contributed by atoms with Crippen molar-refractivity contribution in [2.75, 3.05) is 7.11 Å². The fourth-order valence-electron chi connectivity index (χ4n) is 4.07. The maximum Gasteiger partial charge on any atom is 0.326 e. The Balaban J connectivity index is 1.77. The number of aliphatic carboxylic acids is 1. The summed E-state index contributed by atoms with van der Waals surface area (Å²) in [6.07, 6.45) is 2.20. The molecule has 32 heavy (non-hydrogen) atoms. The Morgan fingerprint density at radius 1 is 0.969 bits per heavy atom. The van der Waals surface area contributed by atoms with E-state index in [1.54, 1.807) is 31.4 Å². The van der Waals surface area contributed by atoms with Crippen molar-refractivity contribution in [1.82, 2.24) is 10.3 Å². The molecule has 0 spiro atoms. The van der Waals surface area contributed by atoms with Crippen molar-refractivity contribution >= 4 is 22.8 Å². The lowest BCUT2D eigenvalue weighted by Gasteiger charge is -2.26. The van der Waals surface area contributed by atoms with Gasteiger partial charge >= 0.3 is 5.97 Å². The van der Waals surface area contributed by atoms with Crippen LogP contribution in [-0.2, 0) is 11.2 Å². The number of benzene rings is 3. The van der Waals surface area contributed by atoms with Crippen LogP contribution in [-0.4, -0.2) is 35.1 Å². The van der Waals surface area contributed by atoms with E-state index < -0.39 is 23.8 Å². The summed E-state index contributed by atoms with van der Waals surface area (Å²) in [5.41, 5.74) is 3.01. The molecule has 162 valence electrons. The summed E-state index contributed by atoms with van der Waals surface area (Å²) in [6, 6.07) is 22.7. The minimum atomic E-state index is -1.15. The van der Waals surface area contributed by atoms with Gasteiger partial charge in [0, 0.05) is 28.6 Å². The van der Waals surface area contributed by atoms with Crippen molar-refractivity contribution in [2.45, 2.75) is 18.4 Å². The average molecular weight is 428 g/mol. The number of methoxy groups -OCH3 is 1. The minimum Gasteiger partial charge on any atom is -0.496 e. The average Bonchev–Trinajstić information content (AvgIpc) is 3.25. The fourth-order valence-corrected chi connectivity index (χ4v) is 4.07. The number of rotatable bonds is 8. The number of hydrogen-bond acceptors (Lipinski definition) is 3. The van der Waals surface area contributed by atoms with Crippen LogP contribution in [0.3, 0.4) is 0 Å². The molecular formula is C26H24N2O4. The predicted octanol–water partition coefficient (Wildman–Crippen LogP) is 4.39. The molecule has 0 aliphatic heterocycles. The molecule has 1 heterocycles. The maximum absolute atomic E-state index is 12.9. The van der Waals surface area contributed by atoms with Gasteiger partial charge in [-0.25, -0.2) is 4.79 Å². The van der Waals surface area contributed by atoms with Crippen LogP contribution in [0.5, 0.6) is 5.75 Å². The van der Waals surface area contributed by atoms with Crippen molar-refractivity contribution in [3.05, 3.63) is 102 Å². The van der Waals surface area contributed by atoms with Gasteiger partial charge in [-0.3, -0.25) is 4.79 Å². The van der Waals surface area contributed by atoms with Crippen LogP contribution >= 0.6 is 0 Å². The number of carboxylic acids is 1. The molecule has 1 aromatic heterocycles. The summed E-state index contributed by atoms with van der Waals surface area (Å²) in [5.74, 6) is -1.38. The number of H-pyrrole nitrogens is 1. The summed E-state index contributed by atoms with van der Waals surface area (Å²) in [7, 11) is 1.59. The Kier molecular flexibility index (Phi) is 6.22. The number of carbonyl (C=O) groups is 2. The third kappa shape index (κ3) is 4.34. The van der Waals surface area contributed by atoms with Gasteiger partial charge in [0.15, 0.2) is 0 Å². The molecule has 0 bridgehead atoms. The van der Waals surface area contributed by atoms with Crippen molar-refractivity contribution in [2.24, 2.45) is 0 Å². The predicted molar refractivity (Wildman–Crippen MR) is 123 cm³/mol. The summed E-state index contributed by atoms with van der Waals surface area (Å²) < 4.78 is 5.50. The molecule has 0 radical (unpaired) electrons. The second-order valence-electron chi connectivity index (χ2n) is 7.57. The number of aromatic nitrogens is 1. The molecule has 3 N–H and O–H groups in total. The highest BCUT2D eigenvalue weighted by Crippen LogP contribution is 2.33. The summed E-state index contributed by atoms with van der Waals surface area (Å²) in [5, 5.41) is 13.8. The van der Waals surface area contributed by atoms with Crippen LogP contribution in [0.1, 0.15) is 27.4 Å². The van der Waals surface area contributed by atoms with Gasteiger partial charge in [0.2, 0.25) is 0 Å². The molecule has 1 amide bonds. The fraction of sp³-hybridized carbons (Fsp3) is 0.154. The van der Waals surface area contributed by atoms with Crippen LogP contribution in [0.4, 0.5) is 0 Å². The number of aromatic amines is 1. The van der Waals surface area contributed by atoms with Gasteiger partial charge in [-0.15, -0.1) is 0 Å². The third-order valence-electron chi connectivity index (χ3n) is 5.64. The summed E-state index contributed by atoms with van der Waals surface area (Å²) >= 11 is 0. The van der Waals surface area contributed by atoms with E-state index in [1.165, 1.54) is 0 Å². The van der Waals surface area contributed by atoms with E-state index in [9.17, 15) is 14.7 Å². The van der Waals surface area contributed by atoms with E-state index in [0.29, 0.717) is 17.7 Å². The lowest BCUT2D eigenvalue weighted by molar-refractivity contribution is -0.139. The lowest BCUT2D eigenvalue weighted by atomic mass is 9.85. The normalized spacial score (nSPS) is 12.8. The highest BCUT2D eigenvalue weighted by Gasteiger charge is 2.33. The largest absolute Gasteiger partial charge is 0.496 e. The molecular weight excluding hydrogens is 404 g/mol. The highest BCUT2D eigenvalue weighted by molar-refractivity contribution is 5.97. The van der Waals surface area contributed by atoms with E-state index >= 15 is 0 Å². The van der Waals surface area contributed by atoms with Crippen LogP contribution in [0.2, 0.25) is 0 Å². The molecule has 6 heteroatoms. The zero-order valence-electron chi connectivity index (χ0n) is 17.6. The molecule has 6 nitrogen and oxygen atoms in total. The Morgan fingerprint density at radius 2 is 1.66 bits per heavy atom. The molecule has 3 aromatic carbocycles. The first-order valence-corrected chi connectivity index (χ1v) is 10.3. The van der Waals surface area contributed by atoms with Crippen molar-refractivity contribution in [3.63, 3.8) is 0 Å². The Hall–Kier alpha value is -4.06. The SMILES string of the molecule is COc1ccccc1CC(c1c[nH]c2ccccc12)C(NC(=O)c1ccccc1)C(=O)O. The van der Waals surface area contributed by atoms with E-state index in [4.69, 9.17) is 4.74 Å². The third-order valence-corrected chi connectivity index (χ3v) is 5.64. The van der Waals surface area contributed by atoms with Gasteiger partial charge in [0.25, 0.3) is 5.91 Å². The number of carboxylic acid groups (broad SMARTS) is 1. The Labute approximate surface area is 185 Å². The van der Waals surface area contributed by atoms with Crippen molar-refractivity contribution in [3.8, 4) is 5.75 Å². The second kappa shape index (κ2) is 9.39. The Bertz CT molecular complexity index is 1230. The zero-order valence-corrected chi connectivity index (χ0v) is 17.6. The topological polar surface area (TPSA) is 91.4 Å². The number of ether oxygens (including phenoxy) is 1. The van der Waals surface area contributed by atoms with Gasteiger partial charge in [-0.1, -0.05) is 54.6 Å². The second-order valence-corrected chi connectivity index (χ2v) is 7.57. The highest BCUT2D eigenvalue weighted by atomic mass is 16.5. The summed E-state index contributed by atoms with van der Waals surface area (Å²) in [6.45, 7) is 0. The lowest BCUT2D eigenvalue weighted by Crippen LogP contribution is -2.45. The quantitative estimate of drug-likeness (QED) is 0.388. The monoisotopic (exact) mass is 428 g/mol. The molecule has 0 aliphatic carbocycles. The first-order valence-electron chi connectivity index (χ1n) is 10.3. The van der Waals surface area contributed by atoms with Gasteiger partial charge in [-0.05, 0) is 41.8 Å². The van der Waals surface area contributed by atoms with E-state index in [0.717, 1.165) is 22.0 Å². The van der Waals surface area contributed by atoms with Gasteiger partial charge < -0.3 is 20.1 Å². The number of para-hydroxylation sites is 2. The van der Waals surface area contributed by atoms with Crippen molar-refractivity contribution < 1.29 is 19.4 Å². The molecule has 4 rings (SSSR count). The molecule has 0 saturated heterocycles. The van der Waals surface area contributed by atoms with E-state index in [-0.39, 0.29) is 0 Å². The van der Waals surface area contributed by atoms with Gasteiger partial charge in [0.05, 0.1) is 7.11 Å². The molecule has 2 atom stereocenters. The number of nitrogens with one attached hydrogen (secondary N) is 2. The molecule has 2 unspecified atom stereocenters. The number of carbonyl (C=O) groups excluding carboxylic acids is 1. The molecule has 0 fully saturated rings. The first kappa shape index (κ1) is 21.2. The molecule has 0 aliphatic rings. The van der Waals surface area contributed by atoms with E-state index in [2.05, 4.69) is 10.3 Å². The number of hydrogen-bond donors (Lipinski definition) is 3.